The lowest BCUT2D eigenvalue weighted by atomic mass is 10.0. The van der Waals surface area contributed by atoms with E-state index in [-0.39, 0.29) is 6.04 Å². The fourth-order valence-corrected chi connectivity index (χ4v) is 2.24. The largest absolute Gasteiger partial charge is 0.239 e. The number of benzene rings is 1. The molecule has 20 heavy (non-hydrogen) atoms. The molecule has 1 aromatic heterocycles. The highest BCUT2D eigenvalue weighted by molar-refractivity contribution is 5.23. The summed E-state index contributed by atoms with van der Waals surface area (Å²) in [7, 11) is 0. The fraction of sp³-hybridized carbons (Fsp3) is 0.500. The summed E-state index contributed by atoms with van der Waals surface area (Å²) >= 11 is 0. The number of aryl methyl sites for hydroxylation is 1. The molecule has 0 spiro atoms. The maximum Gasteiger partial charge on any atom is 0.162 e. The van der Waals surface area contributed by atoms with Crippen LogP contribution in [0.5, 0.6) is 0 Å². The molecule has 0 fully saturated rings. The molecule has 2 atom stereocenters. The lowest BCUT2D eigenvalue weighted by Crippen LogP contribution is -2.07. The second-order valence-electron chi connectivity index (χ2n) is 4.09. The molecular weight excluding hydrogens is 253 g/mol. The van der Waals surface area contributed by atoms with Crippen molar-refractivity contribution in [1.29, 1.82) is 0 Å². The fourth-order valence-electron chi connectivity index (χ4n) is 2.24. The molecule has 0 N–H and O–H groups in total. The number of nitrogens with zero attached hydrogens (tertiary/aromatic N) is 3. The van der Waals surface area contributed by atoms with Gasteiger partial charge in [-0.2, -0.15) is 5.10 Å². The predicted octanol–water partition coefficient (Wildman–Crippen LogP) is 4.64. The summed E-state index contributed by atoms with van der Waals surface area (Å²) in [6.07, 6.45) is -0.550. The predicted molar refractivity (Wildman–Crippen MR) is 80.5 cm³/mol. The standard InChI is InChI=1S/C12H12FN3.2C2H6/c1-8-14-12-10(13)7-11(16(12)15-8)9-5-3-2-4-6-9;2*1-2/h2-6,10-11H,7H2,1H3;2*1-2H3. The summed E-state index contributed by atoms with van der Waals surface area (Å²) < 4.78 is 15.5. The Labute approximate surface area is 120 Å². The molecule has 2 aromatic rings. The summed E-state index contributed by atoms with van der Waals surface area (Å²) in [5.41, 5.74) is 1.09. The topological polar surface area (TPSA) is 30.7 Å². The van der Waals surface area contributed by atoms with E-state index in [1.807, 2.05) is 58.0 Å². The van der Waals surface area contributed by atoms with Crippen molar-refractivity contribution in [2.75, 3.05) is 0 Å². The van der Waals surface area contributed by atoms with E-state index < -0.39 is 6.17 Å². The van der Waals surface area contributed by atoms with Gasteiger partial charge in [0.1, 0.15) is 5.82 Å². The van der Waals surface area contributed by atoms with Gasteiger partial charge in [-0.3, -0.25) is 0 Å². The van der Waals surface area contributed by atoms with Gasteiger partial charge in [0, 0.05) is 6.42 Å². The normalized spacial score (nSPS) is 19.3. The Morgan fingerprint density at radius 1 is 1.10 bits per heavy atom. The average molecular weight is 277 g/mol. The monoisotopic (exact) mass is 277 g/mol. The van der Waals surface area contributed by atoms with Gasteiger partial charge in [0.05, 0.1) is 6.04 Å². The van der Waals surface area contributed by atoms with Gasteiger partial charge in [0.25, 0.3) is 0 Å². The van der Waals surface area contributed by atoms with Crippen molar-refractivity contribution in [2.24, 2.45) is 0 Å². The number of aromatic nitrogens is 3. The van der Waals surface area contributed by atoms with Crippen LogP contribution in [0.4, 0.5) is 4.39 Å². The van der Waals surface area contributed by atoms with Gasteiger partial charge < -0.3 is 0 Å². The van der Waals surface area contributed by atoms with Gasteiger partial charge >= 0.3 is 0 Å². The third kappa shape index (κ3) is 3.24. The van der Waals surface area contributed by atoms with E-state index in [2.05, 4.69) is 10.1 Å². The molecule has 0 aliphatic carbocycles. The van der Waals surface area contributed by atoms with Crippen molar-refractivity contribution in [3.63, 3.8) is 0 Å². The zero-order chi connectivity index (χ0) is 15.1. The van der Waals surface area contributed by atoms with Crippen LogP contribution in [0.1, 0.15) is 63.5 Å². The Kier molecular flexibility index (Phi) is 6.36. The minimum absolute atomic E-state index is 0.00704. The molecule has 0 amide bonds. The van der Waals surface area contributed by atoms with E-state index in [0.29, 0.717) is 18.1 Å². The third-order valence-electron chi connectivity index (χ3n) is 2.95. The number of halogens is 1. The summed E-state index contributed by atoms with van der Waals surface area (Å²) in [5.74, 6) is 1.10. The molecule has 110 valence electrons. The smallest absolute Gasteiger partial charge is 0.162 e. The van der Waals surface area contributed by atoms with Gasteiger partial charge in [-0.1, -0.05) is 58.0 Å². The molecule has 0 saturated heterocycles. The SMILES string of the molecule is CC.CC.Cc1nc2n(n1)C(c1ccccc1)CC2F. The summed E-state index contributed by atoms with van der Waals surface area (Å²) in [5, 5.41) is 4.26. The lowest BCUT2D eigenvalue weighted by Gasteiger charge is -2.10. The average Bonchev–Trinajstić information content (AvgIpc) is 3.03. The van der Waals surface area contributed by atoms with Crippen LogP contribution in [0.2, 0.25) is 0 Å². The molecule has 1 aromatic carbocycles. The van der Waals surface area contributed by atoms with E-state index in [1.54, 1.807) is 11.6 Å². The third-order valence-corrected chi connectivity index (χ3v) is 2.95. The van der Waals surface area contributed by atoms with E-state index in [9.17, 15) is 4.39 Å². The first-order valence-corrected chi connectivity index (χ1v) is 7.38. The zero-order valence-corrected chi connectivity index (χ0v) is 13.0. The lowest BCUT2D eigenvalue weighted by molar-refractivity contribution is 0.328. The molecular formula is C16H24FN3. The molecule has 2 heterocycles. The molecule has 0 bridgehead atoms. The van der Waals surface area contributed by atoms with Crippen molar-refractivity contribution < 1.29 is 4.39 Å². The van der Waals surface area contributed by atoms with Gasteiger partial charge in [-0.05, 0) is 12.5 Å². The highest BCUT2D eigenvalue weighted by atomic mass is 19.1. The first-order valence-electron chi connectivity index (χ1n) is 7.38. The van der Waals surface area contributed by atoms with Crippen molar-refractivity contribution in [1.82, 2.24) is 14.8 Å². The summed E-state index contributed by atoms with van der Waals surface area (Å²) in [4.78, 5) is 4.12. The highest BCUT2D eigenvalue weighted by Gasteiger charge is 2.34. The van der Waals surface area contributed by atoms with Crippen LogP contribution in [-0.2, 0) is 0 Å². The zero-order valence-electron chi connectivity index (χ0n) is 13.0. The van der Waals surface area contributed by atoms with Gasteiger partial charge in [-0.25, -0.2) is 14.1 Å². The summed E-state index contributed by atoms with van der Waals surface area (Å²) in [6, 6.07) is 9.88. The Morgan fingerprint density at radius 2 is 1.70 bits per heavy atom. The highest BCUT2D eigenvalue weighted by Crippen LogP contribution is 2.38. The molecule has 2 unspecified atom stereocenters. The van der Waals surface area contributed by atoms with Crippen molar-refractivity contribution >= 4 is 0 Å². The maximum absolute atomic E-state index is 13.7. The molecule has 3 nitrogen and oxygen atoms in total. The van der Waals surface area contributed by atoms with E-state index in [4.69, 9.17) is 0 Å². The van der Waals surface area contributed by atoms with E-state index in [0.717, 1.165) is 5.56 Å². The minimum Gasteiger partial charge on any atom is -0.239 e. The molecule has 3 rings (SSSR count). The first kappa shape index (κ1) is 16.3. The van der Waals surface area contributed by atoms with Crippen molar-refractivity contribution in [3.05, 3.63) is 47.5 Å². The van der Waals surface area contributed by atoms with Gasteiger partial charge in [0.2, 0.25) is 0 Å². The van der Waals surface area contributed by atoms with E-state index in [1.165, 1.54) is 0 Å². The Morgan fingerprint density at radius 3 is 2.30 bits per heavy atom. The molecule has 0 saturated carbocycles. The first-order chi connectivity index (χ1) is 9.75. The van der Waals surface area contributed by atoms with Crippen LogP contribution >= 0.6 is 0 Å². The van der Waals surface area contributed by atoms with Gasteiger partial charge in [0.15, 0.2) is 12.0 Å². The number of alkyl halides is 1. The van der Waals surface area contributed by atoms with Crippen molar-refractivity contribution in [3.8, 4) is 0 Å². The number of hydrogen-bond acceptors (Lipinski definition) is 2. The number of fused-ring (bicyclic) bond motifs is 1. The van der Waals surface area contributed by atoms with Crippen LogP contribution in [0.3, 0.4) is 0 Å². The van der Waals surface area contributed by atoms with E-state index >= 15 is 0 Å². The molecule has 1 aliphatic rings. The second kappa shape index (κ2) is 7.78. The van der Waals surface area contributed by atoms with Crippen LogP contribution in [0.15, 0.2) is 30.3 Å². The number of rotatable bonds is 1. The molecule has 4 heteroatoms. The number of hydrogen-bond donors (Lipinski definition) is 0. The summed E-state index contributed by atoms with van der Waals surface area (Å²) in [6.45, 7) is 9.79. The molecule has 0 radical (unpaired) electrons. The maximum atomic E-state index is 13.7. The minimum atomic E-state index is -0.994. The van der Waals surface area contributed by atoms with Crippen LogP contribution < -0.4 is 0 Å². The van der Waals surface area contributed by atoms with Crippen LogP contribution in [0.25, 0.3) is 0 Å². The molecule has 1 aliphatic heterocycles. The Balaban J connectivity index is 0.000000461. The van der Waals surface area contributed by atoms with Gasteiger partial charge in [-0.15, -0.1) is 0 Å². The van der Waals surface area contributed by atoms with Crippen LogP contribution in [0, 0.1) is 6.92 Å². The van der Waals surface area contributed by atoms with Crippen LogP contribution in [-0.4, -0.2) is 14.8 Å². The quantitative estimate of drug-likeness (QED) is 0.760. The second-order valence-corrected chi connectivity index (χ2v) is 4.09. The van der Waals surface area contributed by atoms with Crippen molar-refractivity contribution in [2.45, 2.75) is 53.3 Å². The Hall–Kier alpha value is -1.71. The Bertz CT molecular complexity index is 508.